The molecule has 2 heterocycles. The maximum absolute atomic E-state index is 12.6. The number of nitrogens with one attached hydrogen (secondary N) is 1. The maximum Gasteiger partial charge on any atom is 0.278 e. The monoisotopic (exact) mass is 393 g/mol. The fourth-order valence-corrected chi connectivity index (χ4v) is 3.17. The van der Waals surface area contributed by atoms with Crippen molar-refractivity contribution in [3.63, 3.8) is 0 Å². The van der Waals surface area contributed by atoms with Crippen LogP contribution in [0, 0.1) is 0 Å². The Bertz CT molecular complexity index is 1060. The van der Waals surface area contributed by atoms with Crippen LogP contribution in [0.15, 0.2) is 63.7 Å². The zero-order chi connectivity index (χ0) is 19.9. The minimum Gasteiger partial charge on any atom is -0.298 e. The number of hydrogen-bond donors (Lipinski definition) is 1. The summed E-state index contributed by atoms with van der Waals surface area (Å²) in [4.78, 5) is 36.0. The molecule has 8 heteroatoms. The van der Waals surface area contributed by atoms with Gasteiger partial charge in [-0.1, -0.05) is 36.9 Å². The topological polar surface area (TPSA) is 101 Å². The van der Waals surface area contributed by atoms with Gasteiger partial charge >= 0.3 is 0 Å². The van der Waals surface area contributed by atoms with Gasteiger partial charge in [-0.05, 0) is 24.6 Å². The van der Waals surface area contributed by atoms with Crippen molar-refractivity contribution in [2.24, 2.45) is 4.99 Å². The van der Waals surface area contributed by atoms with E-state index in [1.54, 1.807) is 48.8 Å². The zero-order valence-electron chi connectivity index (χ0n) is 15.5. The van der Waals surface area contributed by atoms with E-state index in [2.05, 4.69) is 32.1 Å². The van der Waals surface area contributed by atoms with Crippen molar-refractivity contribution >= 4 is 28.9 Å². The lowest BCUT2D eigenvalue weighted by Gasteiger charge is -2.07. The van der Waals surface area contributed by atoms with Crippen molar-refractivity contribution in [3.05, 3.63) is 64.7 Å². The molecule has 0 atom stereocenters. The molecule has 2 aromatic heterocycles. The molecule has 0 bridgehead atoms. The third-order valence-electron chi connectivity index (χ3n) is 3.80. The van der Waals surface area contributed by atoms with E-state index in [-0.39, 0.29) is 22.7 Å². The molecule has 0 saturated heterocycles. The van der Waals surface area contributed by atoms with Crippen molar-refractivity contribution < 1.29 is 4.79 Å². The van der Waals surface area contributed by atoms with E-state index in [0.29, 0.717) is 22.0 Å². The lowest BCUT2D eigenvalue weighted by molar-refractivity contribution is -0.111. The number of H-pyrrole nitrogens is 1. The first kappa shape index (κ1) is 19.6. The van der Waals surface area contributed by atoms with Crippen LogP contribution in [0.1, 0.15) is 25.8 Å². The normalized spacial score (nSPS) is 11.4. The lowest BCUT2D eigenvalue weighted by Crippen LogP contribution is -2.15. The standard InChI is InChI=1S/C20H19N5O2S/c1-3-12-28-20-23-19(27)18(24-25-20)15-6-4-5-7-16(15)22-17(13(2)26)14-8-10-21-11-9-14/h4-11H,3,12H2,1-2H3,(H,23,25,27). The summed E-state index contributed by atoms with van der Waals surface area (Å²) in [6.45, 7) is 3.50. The van der Waals surface area contributed by atoms with Crippen molar-refractivity contribution in [1.82, 2.24) is 20.2 Å². The molecule has 1 N–H and O–H groups in total. The smallest absolute Gasteiger partial charge is 0.278 e. The van der Waals surface area contributed by atoms with Crippen LogP contribution in [0.4, 0.5) is 5.69 Å². The Kier molecular flexibility index (Phi) is 6.44. The van der Waals surface area contributed by atoms with Gasteiger partial charge in [0.2, 0.25) is 0 Å². The molecule has 0 aliphatic carbocycles. The van der Waals surface area contributed by atoms with Gasteiger partial charge in [-0.15, -0.1) is 10.2 Å². The second-order valence-electron chi connectivity index (χ2n) is 5.93. The summed E-state index contributed by atoms with van der Waals surface area (Å²) in [6, 6.07) is 10.5. The Morgan fingerprint density at radius 3 is 2.57 bits per heavy atom. The van der Waals surface area contributed by atoms with E-state index in [1.807, 2.05) is 0 Å². The van der Waals surface area contributed by atoms with Crippen LogP contribution in [0.5, 0.6) is 0 Å². The number of aliphatic imine (C=N–C) groups is 1. The molecule has 0 amide bonds. The number of ketones is 1. The van der Waals surface area contributed by atoms with Crippen molar-refractivity contribution in [2.75, 3.05) is 5.75 Å². The van der Waals surface area contributed by atoms with Gasteiger partial charge in [-0.25, -0.2) is 4.99 Å². The second-order valence-corrected chi connectivity index (χ2v) is 7.01. The number of rotatable bonds is 7. The number of hydrogen-bond acceptors (Lipinski definition) is 7. The Labute approximate surface area is 166 Å². The number of pyridine rings is 1. The van der Waals surface area contributed by atoms with Gasteiger partial charge < -0.3 is 0 Å². The highest BCUT2D eigenvalue weighted by Gasteiger charge is 2.15. The van der Waals surface area contributed by atoms with Crippen molar-refractivity contribution in [2.45, 2.75) is 25.4 Å². The predicted octanol–water partition coefficient (Wildman–Crippen LogP) is 3.44. The molecular weight excluding hydrogens is 374 g/mol. The van der Waals surface area contributed by atoms with E-state index in [1.165, 1.54) is 18.7 Å². The predicted molar refractivity (Wildman–Crippen MR) is 110 cm³/mol. The second kappa shape index (κ2) is 9.18. The van der Waals surface area contributed by atoms with Gasteiger partial charge in [-0.3, -0.25) is 19.6 Å². The highest BCUT2D eigenvalue weighted by Crippen LogP contribution is 2.27. The summed E-state index contributed by atoms with van der Waals surface area (Å²) < 4.78 is 0. The fourth-order valence-electron chi connectivity index (χ4n) is 2.51. The number of para-hydroxylation sites is 1. The van der Waals surface area contributed by atoms with Crippen LogP contribution in [-0.2, 0) is 4.79 Å². The van der Waals surface area contributed by atoms with Gasteiger partial charge in [0, 0.05) is 36.2 Å². The molecule has 0 unspecified atom stereocenters. The highest BCUT2D eigenvalue weighted by molar-refractivity contribution is 7.99. The molecule has 0 aliphatic heterocycles. The lowest BCUT2D eigenvalue weighted by atomic mass is 10.1. The number of carbonyl (C=O) groups excluding carboxylic acids is 1. The molecule has 142 valence electrons. The minimum atomic E-state index is -0.343. The van der Waals surface area contributed by atoms with E-state index in [4.69, 9.17) is 0 Å². The average Bonchev–Trinajstić information content (AvgIpc) is 2.71. The molecular formula is C20H19N5O2S. The molecule has 0 fully saturated rings. The Morgan fingerprint density at radius 2 is 1.89 bits per heavy atom. The largest absolute Gasteiger partial charge is 0.298 e. The van der Waals surface area contributed by atoms with E-state index in [9.17, 15) is 9.59 Å². The summed E-state index contributed by atoms with van der Waals surface area (Å²) in [5.74, 6) is 0.658. The third kappa shape index (κ3) is 4.58. The number of aromatic nitrogens is 4. The van der Waals surface area contributed by atoms with Crippen LogP contribution in [-0.4, -0.2) is 37.4 Å². The van der Waals surface area contributed by atoms with Crippen LogP contribution in [0.2, 0.25) is 0 Å². The maximum atomic E-state index is 12.6. The van der Waals surface area contributed by atoms with E-state index in [0.717, 1.165) is 12.2 Å². The van der Waals surface area contributed by atoms with Crippen molar-refractivity contribution in [1.29, 1.82) is 0 Å². The molecule has 0 aliphatic rings. The molecule has 0 radical (unpaired) electrons. The van der Waals surface area contributed by atoms with Crippen molar-refractivity contribution in [3.8, 4) is 11.3 Å². The Hall–Kier alpha value is -3.13. The molecule has 28 heavy (non-hydrogen) atoms. The van der Waals surface area contributed by atoms with Crippen LogP contribution < -0.4 is 5.56 Å². The van der Waals surface area contributed by atoms with Crippen LogP contribution in [0.25, 0.3) is 11.3 Å². The molecule has 0 saturated carbocycles. The summed E-state index contributed by atoms with van der Waals surface area (Å²) in [7, 11) is 0. The summed E-state index contributed by atoms with van der Waals surface area (Å²) >= 11 is 1.45. The number of nitrogens with zero attached hydrogens (tertiary/aromatic N) is 4. The first-order chi connectivity index (χ1) is 13.6. The number of benzene rings is 1. The highest BCUT2D eigenvalue weighted by atomic mass is 32.2. The first-order valence-electron chi connectivity index (χ1n) is 8.79. The van der Waals surface area contributed by atoms with E-state index >= 15 is 0 Å². The molecule has 3 aromatic rings. The van der Waals surface area contributed by atoms with Crippen LogP contribution >= 0.6 is 11.8 Å². The number of carbonyl (C=O) groups is 1. The molecule has 0 spiro atoms. The van der Waals surface area contributed by atoms with Gasteiger partial charge in [0.15, 0.2) is 16.6 Å². The Balaban J connectivity index is 2.07. The van der Waals surface area contributed by atoms with Gasteiger partial charge in [0.25, 0.3) is 5.56 Å². The van der Waals surface area contributed by atoms with Crippen LogP contribution in [0.3, 0.4) is 0 Å². The molecule has 3 rings (SSSR count). The summed E-state index contributed by atoms with van der Waals surface area (Å²) in [5.41, 5.74) is 1.75. The molecule has 1 aromatic carbocycles. The number of Topliss-reactive ketones (excluding diaryl/α,β-unsaturated/α-hetero) is 1. The average molecular weight is 393 g/mol. The SMILES string of the molecule is CCCSc1nnc(-c2ccccc2N=C(C(C)=O)c2ccncc2)c(=O)[nH]1. The quantitative estimate of drug-likeness (QED) is 0.487. The van der Waals surface area contributed by atoms with Gasteiger partial charge in [0.1, 0.15) is 5.71 Å². The Morgan fingerprint density at radius 1 is 1.14 bits per heavy atom. The first-order valence-corrected chi connectivity index (χ1v) is 9.78. The number of thioether (sulfide) groups is 1. The third-order valence-corrected chi connectivity index (χ3v) is 4.87. The zero-order valence-corrected chi connectivity index (χ0v) is 16.4. The van der Waals surface area contributed by atoms with Gasteiger partial charge in [0.05, 0.1) is 5.69 Å². The van der Waals surface area contributed by atoms with Gasteiger partial charge in [-0.2, -0.15) is 0 Å². The minimum absolute atomic E-state index is 0.165. The van der Waals surface area contributed by atoms with E-state index < -0.39 is 0 Å². The summed E-state index contributed by atoms with van der Waals surface area (Å²) in [5, 5.41) is 8.69. The summed E-state index contributed by atoms with van der Waals surface area (Å²) in [6.07, 6.45) is 4.17. The number of aromatic amines is 1. The fraction of sp³-hybridized carbons (Fsp3) is 0.200. The molecule has 7 nitrogen and oxygen atoms in total.